The summed E-state index contributed by atoms with van der Waals surface area (Å²) in [6, 6.07) is 4.10. The second-order valence-corrected chi connectivity index (χ2v) is 7.37. The van der Waals surface area contributed by atoms with Crippen molar-refractivity contribution in [2.24, 2.45) is 5.92 Å². The first kappa shape index (κ1) is 17.5. The molecule has 2 fully saturated rings. The third kappa shape index (κ3) is 4.39. The van der Waals surface area contributed by atoms with Crippen LogP contribution in [0.5, 0.6) is 0 Å². The molecular formula is C19H30N2O3. The Morgan fingerprint density at radius 2 is 2.04 bits per heavy atom. The van der Waals surface area contributed by atoms with Gasteiger partial charge in [0.1, 0.15) is 11.5 Å². The summed E-state index contributed by atoms with van der Waals surface area (Å²) in [4.78, 5) is 16.6. The fraction of sp³-hybridized carbons (Fsp3) is 0.737. The Hall–Kier alpha value is -1.33. The molecule has 2 heterocycles. The lowest BCUT2D eigenvalue weighted by Gasteiger charge is -2.35. The number of carbonyl (C=O) groups is 1. The van der Waals surface area contributed by atoms with Crippen LogP contribution in [0, 0.1) is 5.92 Å². The summed E-state index contributed by atoms with van der Waals surface area (Å²) in [5.74, 6) is 3.58. The molecule has 3 rings (SSSR count). The van der Waals surface area contributed by atoms with Gasteiger partial charge < -0.3 is 14.4 Å². The van der Waals surface area contributed by atoms with Crippen LogP contribution in [0.1, 0.15) is 50.5 Å². The average molecular weight is 334 g/mol. The molecule has 0 radical (unpaired) electrons. The Morgan fingerprint density at radius 3 is 2.67 bits per heavy atom. The molecule has 5 nitrogen and oxygen atoms in total. The number of aliphatic hydroxyl groups is 1. The number of nitrogens with zero attached hydrogens (tertiary/aromatic N) is 2. The minimum absolute atomic E-state index is 0.212. The van der Waals surface area contributed by atoms with Crippen LogP contribution in [0.3, 0.4) is 0 Å². The zero-order chi connectivity index (χ0) is 17.1. The van der Waals surface area contributed by atoms with Crippen LogP contribution in [-0.2, 0) is 11.2 Å². The average Bonchev–Trinajstić information content (AvgIpc) is 3.13. The molecule has 1 aromatic heterocycles. The maximum Gasteiger partial charge on any atom is 0.223 e. The van der Waals surface area contributed by atoms with Crippen LogP contribution in [0.2, 0.25) is 0 Å². The molecule has 0 unspecified atom stereocenters. The third-order valence-electron chi connectivity index (χ3n) is 5.41. The second-order valence-electron chi connectivity index (χ2n) is 7.37. The zero-order valence-electron chi connectivity index (χ0n) is 14.9. The van der Waals surface area contributed by atoms with Gasteiger partial charge in [0.05, 0.1) is 6.10 Å². The van der Waals surface area contributed by atoms with E-state index >= 15 is 0 Å². The number of amides is 1. The fourth-order valence-electron chi connectivity index (χ4n) is 3.44. The minimum Gasteiger partial charge on any atom is -0.466 e. The van der Waals surface area contributed by atoms with Gasteiger partial charge in [0, 0.05) is 51.5 Å². The van der Waals surface area contributed by atoms with Gasteiger partial charge in [-0.2, -0.15) is 0 Å². The summed E-state index contributed by atoms with van der Waals surface area (Å²) in [6.07, 6.45) is 2.96. The lowest BCUT2D eigenvalue weighted by molar-refractivity contribution is -0.133. The molecule has 2 aliphatic rings. The molecule has 0 spiro atoms. The number of carbonyl (C=O) groups excluding carboxylic acids is 1. The molecule has 1 aliphatic heterocycles. The molecule has 5 heteroatoms. The molecule has 3 atom stereocenters. The van der Waals surface area contributed by atoms with E-state index in [2.05, 4.69) is 17.9 Å². The van der Waals surface area contributed by atoms with E-state index in [0.29, 0.717) is 25.3 Å². The van der Waals surface area contributed by atoms with E-state index in [1.54, 1.807) is 0 Å². The van der Waals surface area contributed by atoms with Crippen LogP contribution < -0.4 is 0 Å². The number of furan rings is 1. The predicted molar refractivity (Wildman–Crippen MR) is 92.9 cm³/mol. The lowest BCUT2D eigenvalue weighted by atomic mass is 10.2. The maximum absolute atomic E-state index is 12.4. The van der Waals surface area contributed by atoms with Gasteiger partial charge >= 0.3 is 0 Å². The van der Waals surface area contributed by atoms with E-state index in [1.807, 2.05) is 17.9 Å². The minimum atomic E-state index is -0.255. The van der Waals surface area contributed by atoms with Crippen molar-refractivity contribution < 1.29 is 14.3 Å². The van der Waals surface area contributed by atoms with E-state index in [0.717, 1.165) is 50.0 Å². The normalized spacial score (nSPS) is 25.7. The molecule has 1 aromatic rings. The Balaban J connectivity index is 1.39. The number of aryl methyl sites for hydroxylation is 1. The molecule has 1 aliphatic carbocycles. The van der Waals surface area contributed by atoms with Gasteiger partial charge in [-0.05, 0) is 30.9 Å². The van der Waals surface area contributed by atoms with E-state index < -0.39 is 0 Å². The summed E-state index contributed by atoms with van der Waals surface area (Å²) in [5, 5.41) is 9.72. The van der Waals surface area contributed by atoms with E-state index in [1.165, 1.54) is 6.42 Å². The summed E-state index contributed by atoms with van der Waals surface area (Å²) in [5.41, 5.74) is 0. The third-order valence-corrected chi connectivity index (χ3v) is 5.41. The van der Waals surface area contributed by atoms with Gasteiger partial charge in [-0.1, -0.05) is 13.8 Å². The quantitative estimate of drug-likeness (QED) is 0.831. The topological polar surface area (TPSA) is 56.9 Å². The molecule has 24 heavy (non-hydrogen) atoms. The first-order valence-corrected chi connectivity index (χ1v) is 9.33. The van der Waals surface area contributed by atoms with Crippen molar-refractivity contribution in [1.29, 1.82) is 0 Å². The van der Waals surface area contributed by atoms with Gasteiger partial charge in [0.15, 0.2) is 0 Å². The highest BCUT2D eigenvalue weighted by Crippen LogP contribution is 2.47. The van der Waals surface area contributed by atoms with Crippen molar-refractivity contribution in [2.45, 2.75) is 51.6 Å². The SMILES string of the molecule is CC[C@H](O)CN1CCN(C(=O)CCc2ccc([C@@H]3C[C@H]3C)o2)CC1. The van der Waals surface area contributed by atoms with Crippen LogP contribution in [0.4, 0.5) is 0 Å². The maximum atomic E-state index is 12.4. The highest BCUT2D eigenvalue weighted by atomic mass is 16.3. The number of aliphatic hydroxyl groups excluding tert-OH is 1. The first-order valence-electron chi connectivity index (χ1n) is 9.33. The van der Waals surface area contributed by atoms with Crippen molar-refractivity contribution >= 4 is 5.91 Å². The molecule has 0 aromatic carbocycles. The van der Waals surface area contributed by atoms with E-state index in [4.69, 9.17) is 4.42 Å². The molecular weight excluding hydrogens is 304 g/mol. The van der Waals surface area contributed by atoms with Crippen LogP contribution in [0.15, 0.2) is 16.5 Å². The van der Waals surface area contributed by atoms with Gasteiger partial charge in [-0.25, -0.2) is 0 Å². The second kappa shape index (κ2) is 7.70. The Kier molecular flexibility index (Phi) is 5.61. The number of piperazine rings is 1. The van der Waals surface area contributed by atoms with Crippen molar-refractivity contribution in [1.82, 2.24) is 9.80 Å². The number of hydrogen-bond donors (Lipinski definition) is 1. The zero-order valence-corrected chi connectivity index (χ0v) is 14.9. The van der Waals surface area contributed by atoms with Gasteiger partial charge in [0.25, 0.3) is 0 Å². The summed E-state index contributed by atoms with van der Waals surface area (Å²) < 4.78 is 5.88. The Morgan fingerprint density at radius 1 is 1.33 bits per heavy atom. The molecule has 1 amide bonds. The Labute approximate surface area is 144 Å². The van der Waals surface area contributed by atoms with Gasteiger partial charge in [0.2, 0.25) is 5.91 Å². The fourth-order valence-corrected chi connectivity index (χ4v) is 3.44. The van der Waals surface area contributed by atoms with Crippen molar-refractivity contribution in [3.63, 3.8) is 0 Å². The largest absolute Gasteiger partial charge is 0.466 e. The van der Waals surface area contributed by atoms with E-state index in [9.17, 15) is 9.90 Å². The number of β-amino-alcohol motifs (C(OH)–C–C–N with tert-alkyl or cyclic N) is 1. The van der Waals surface area contributed by atoms with Gasteiger partial charge in [-0.3, -0.25) is 9.69 Å². The van der Waals surface area contributed by atoms with Crippen molar-refractivity contribution in [3.05, 3.63) is 23.7 Å². The molecule has 0 bridgehead atoms. The smallest absolute Gasteiger partial charge is 0.223 e. The summed E-state index contributed by atoms with van der Waals surface area (Å²) >= 11 is 0. The molecule has 1 N–H and O–H groups in total. The standard InChI is InChI=1S/C19H30N2O3/c1-3-15(22)13-20-8-10-21(11-9-20)19(23)7-5-16-4-6-18(24-16)17-12-14(17)2/h4,6,14-15,17,22H,3,5,7-13H2,1-2H3/t14-,15+,17-/m1/s1. The predicted octanol–water partition coefficient (Wildman–Crippen LogP) is 2.25. The number of rotatable bonds is 7. The highest BCUT2D eigenvalue weighted by Gasteiger charge is 2.36. The van der Waals surface area contributed by atoms with Crippen molar-refractivity contribution in [3.8, 4) is 0 Å². The highest BCUT2D eigenvalue weighted by molar-refractivity contribution is 5.76. The van der Waals surface area contributed by atoms with E-state index in [-0.39, 0.29) is 12.0 Å². The van der Waals surface area contributed by atoms with Crippen LogP contribution in [-0.4, -0.2) is 59.6 Å². The summed E-state index contributed by atoms with van der Waals surface area (Å²) in [7, 11) is 0. The lowest BCUT2D eigenvalue weighted by Crippen LogP contribution is -2.50. The van der Waals surface area contributed by atoms with Crippen LogP contribution >= 0.6 is 0 Å². The Bertz CT molecular complexity index is 549. The summed E-state index contributed by atoms with van der Waals surface area (Å²) in [6.45, 7) is 8.19. The molecule has 1 saturated carbocycles. The van der Waals surface area contributed by atoms with Crippen LogP contribution in [0.25, 0.3) is 0 Å². The number of hydrogen-bond acceptors (Lipinski definition) is 4. The monoisotopic (exact) mass is 334 g/mol. The molecule has 134 valence electrons. The van der Waals surface area contributed by atoms with Gasteiger partial charge in [-0.15, -0.1) is 0 Å². The first-order chi connectivity index (χ1) is 11.6. The van der Waals surface area contributed by atoms with Crippen molar-refractivity contribution in [2.75, 3.05) is 32.7 Å². The molecule has 1 saturated heterocycles.